The van der Waals surface area contributed by atoms with Crippen LogP contribution in [0.25, 0.3) is 0 Å². The lowest BCUT2D eigenvalue weighted by atomic mass is 9.97. The number of aliphatic hydroxyl groups is 1. The third-order valence-corrected chi connectivity index (χ3v) is 3.17. The molecule has 1 aromatic rings. The summed E-state index contributed by atoms with van der Waals surface area (Å²) in [6.07, 6.45) is 1.03. The summed E-state index contributed by atoms with van der Waals surface area (Å²) in [5, 5.41) is 27.0. The van der Waals surface area contributed by atoms with E-state index in [4.69, 9.17) is 15.3 Å². The Balaban J connectivity index is 2.40. The average molecular weight is 254 g/mol. The molecule has 0 bridgehead atoms. The van der Waals surface area contributed by atoms with Gasteiger partial charge in [0, 0.05) is 13.0 Å². The molecule has 0 aliphatic carbocycles. The van der Waals surface area contributed by atoms with E-state index in [0.717, 1.165) is 0 Å². The van der Waals surface area contributed by atoms with Crippen molar-refractivity contribution in [3.05, 3.63) is 17.2 Å². The summed E-state index contributed by atoms with van der Waals surface area (Å²) >= 11 is 0. The summed E-state index contributed by atoms with van der Waals surface area (Å²) < 4.78 is 1.63. The van der Waals surface area contributed by atoms with Crippen LogP contribution in [0.2, 0.25) is 0 Å². The Bertz CT molecular complexity index is 494. The Morgan fingerprint density at radius 2 is 2.11 bits per heavy atom. The first-order chi connectivity index (χ1) is 8.54. The van der Waals surface area contributed by atoms with Crippen molar-refractivity contribution in [2.45, 2.75) is 25.8 Å². The monoisotopic (exact) mass is 254 g/mol. The topological polar surface area (TPSA) is 113 Å². The van der Waals surface area contributed by atoms with Gasteiger partial charge in [0.15, 0.2) is 5.69 Å². The van der Waals surface area contributed by atoms with Gasteiger partial charge in [0.2, 0.25) is 0 Å². The minimum Gasteiger partial charge on any atom is -0.481 e. The zero-order valence-electron chi connectivity index (χ0n) is 9.67. The molecule has 0 saturated heterocycles. The molecule has 1 atom stereocenters. The maximum Gasteiger partial charge on any atom is 0.356 e. The molecule has 1 aliphatic heterocycles. The number of nitrogens with zero attached hydrogens (tertiary/aromatic N) is 2. The molecule has 2 heterocycles. The third kappa shape index (κ3) is 2.08. The molecule has 1 aliphatic rings. The third-order valence-electron chi connectivity index (χ3n) is 3.17. The Morgan fingerprint density at radius 3 is 2.67 bits per heavy atom. The highest BCUT2D eigenvalue weighted by Crippen LogP contribution is 2.25. The molecule has 18 heavy (non-hydrogen) atoms. The van der Waals surface area contributed by atoms with Gasteiger partial charge in [0.1, 0.15) is 5.82 Å². The summed E-state index contributed by atoms with van der Waals surface area (Å²) in [5.41, 5.74) is 0.533. The number of carbonyl (C=O) groups is 2. The molecule has 0 amide bonds. The highest BCUT2D eigenvalue weighted by atomic mass is 16.4. The van der Waals surface area contributed by atoms with E-state index in [1.807, 2.05) is 0 Å². The second-order valence-corrected chi connectivity index (χ2v) is 4.29. The van der Waals surface area contributed by atoms with E-state index in [2.05, 4.69) is 4.98 Å². The van der Waals surface area contributed by atoms with Crippen LogP contribution < -0.4 is 0 Å². The molecule has 0 aromatic carbocycles. The van der Waals surface area contributed by atoms with E-state index in [0.29, 0.717) is 24.4 Å². The number of imidazole rings is 1. The predicted octanol–water partition coefficient (Wildman–Crippen LogP) is -0.237. The van der Waals surface area contributed by atoms with Crippen molar-refractivity contribution >= 4 is 11.9 Å². The summed E-state index contributed by atoms with van der Waals surface area (Å²) in [6.45, 7) is 0.0769. The molecular formula is C11H14N2O5. The fourth-order valence-corrected chi connectivity index (χ4v) is 2.29. The first-order valence-electron chi connectivity index (χ1n) is 5.69. The van der Waals surface area contributed by atoms with Gasteiger partial charge in [-0.05, 0) is 12.8 Å². The Labute approximate surface area is 103 Å². The number of fused-ring (bicyclic) bond motifs is 1. The second-order valence-electron chi connectivity index (χ2n) is 4.29. The summed E-state index contributed by atoms with van der Waals surface area (Å²) in [5.74, 6) is -2.08. The SMILES string of the molecule is O=C(O)c1nc(CCO)n2c1CCC(C(=O)O)C2. The van der Waals surface area contributed by atoms with E-state index in [1.165, 1.54) is 0 Å². The van der Waals surface area contributed by atoms with Crippen molar-refractivity contribution in [3.8, 4) is 0 Å². The van der Waals surface area contributed by atoms with Crippen molar-refractivity contribution in [2.75, 3.05) is 6.61 Å². The smallest absolute Gasteiger partial charge is 0.356 e. The molecule has 0 saturated carbocycles. The number of carboxylic acid groups (broad SMARTS) is 2. The normalized spacial score (nSPS) is 18.4. The van der Waals surface area contributed by atoms with Gasteiger partial charge in [-0.25, -0.2) is 9.78 Å². The fraction of sp³-hybridized carbons (Fsp3) is 0.545. The molecule has 3 N–H and O–H groups in total. The summed E-state index contributed by atoms with van der Waals surface area (Å²) in [7, 11) is 0. The van der Waals surface area contributed by atoms with E-state index < -0.39 is 17.9 Å². The minimum absolute atomic E-state index is 0.0257. The lowest BCUT2D eigenvalue weighted by Gasteiger charge is -2.22. The number of rotatable bonds is 4. The number of aromatic carboxylic acids is 1. The van der Waals surface area contributed by atoms with Gasteiger partial charge in [-0.1, -0.05) is 0 Å². The second kappa shape index (κ2) is 4.77. The lowest BCUT2D eigenvalue weighted by Crippen LogP contribution is -2.28. The highest BCUT2D eigenvalue weighted by Gasteiger charge is 2.30. The van der Waals surface area contributed by atoms with Crippen molar-refractivity contribution in [2.24, 2.45) is 5.92 Å². The summed E-state index contributed by atoms with van der Waals surface area (Å²) in [6, 6.07) is 0. The first-order valence-corrected chi connectivity index (χ1v) is 5.69. The number of hydrogen-bond donors (Lipinski definition) is 3. The molecule has 1 unspecified atom stereocenters. The zero-order chi connectivity index (χ0) is 13.3. The molecular weight excluding hydrogens is 240 g/mol. The van der Waals surface area contributed by atoms with E-state index >= 15 is 0 Å². The van der Waals surface area contributed by atoms with Crippen molar-refractivity contribution in [1.29, 1.82) is 0 Å². The Morgan fingerprint density at radius 1 is 1.39 bits per heavy atom. The average Bonchev–Trinajstić information content (AvgIpc) is 2.68. The molecule has 7 heteroatoms. The van der Waals surface area contributed by atoms with Crippen LogP contribution in [0.5, 0.6) is 0 Å². The van der Waals surface area contributed by atoms with Crippen molar-refractivity contribution in [1.82, 2.24) is 9.55 Å². The van der Waals surface area contributed by atoms with Gasteiger partial charge in [0.25, 0.3) is 0 Å². The maximum atomic E-state index is 11.1. The van der Waals surface area contributed by atoms with Gasteiger partial charge in [0.05, 0.1) is 18.2 Å². The van der Waals surface area contributed by atoms with E-state index in [1.54, 1.807) is 4.57 Å². The molecule has 98 valence electrons. The Hall–Kier alpha value is -1.89. The molecule has 0 fully saturated rings. The molecule has 0 spiro atoms. The van der Waals surface area contributed by atoms with Crippen molar-refractivity contribution < 1.29 is 24.9 Å². The van der Waals surface area contributed by atoms with Crippen LogP contribution in [0.3, 0.4) is 0 Å². The maximum absolute atomic E-state index is 11.1. The standard InChI is InChI=1S/C11H14N2O5/c14-4-3-8-12-9(11(17)18)7-2-1-6(10(15)16)5-13(7)8/h6,14H,1-5H2,(H,15,16)(H,17,18). The van der Waals surface area contributed by atoms with Crippen LogP contribution in [0.15, 0.2) is 0 Å². The molecule has 2 rings (SSSR count). The number of hydrogen-bond acceptors (Lipinski definition) is 4. The lowest BCUT2D eigenvalue weighted by molar-refractivity contribution is -0.142. The van der Waals surface area contributed by atoms with Crippen LogP contribution in [0.4, 0.5) is 0 Å². The largest absolute Gasteiger partial charge is 0.481 e. The quantitative estimate of drug-likeness (QED) is 0.683. The highest BCUT2D eigenvalue weighted by molar-refractivity contribution is 5.87. The van der Waals surface area contributed by atoms with Gasteiger partial charge in [-0.3, -0.25) is 4.79 Å². The number of aromatic nitrogens is 2. The molecule has 7 nitrogen and oxygen atoms in total. The van der Waals surface area contributed by atoms with Crippen LogP contribution in [-0.4, -0.2) is 43.4 Å². The van der Waals surface area contributed by atoms with Crippen LogP contribution in [0, 0.1) is 5.92 Å². The van der Waals surface area contributed by atoms with Crippen LogP contribution in [-0.2, 0) is 24.2 Å². The number of carboxylic acids is 2. The van der Waals surface area contributed by atoms with Gasteiger partial charge < -0.3 is 19.9 Å². The summed E-state index contributed by atoms with van der Waals surface area (Å²) in [4.78, 5) is 26.0. The molecule has 0 radical (unpaired) electrons. The number of aliphatic hydroxyl groups excluding tert-OH is 1. The van der Waals surface area contributed by atoms with Gasteiger partial charge >= 0.3 is 11.9 Å². The van der Waals surface area contributed by atoms with E-state index in [-0.39, 0.29) is 25.3 Å². The predicted molar refractivity (Wildman–Crippen MR) is 59.4 cm³/mol. The zero-order valence-corrected chi connectivity index (χ0v) is 9.67. The first kappa shape index (κ1) is 12.6. The minimum atomic E-state index is -1.11. The van der Waals surface area contributed by atoms with Crippen LogP contribution >= 0.6 is 0 Å². The van der Waals surface area contributed by atoms with E-state index in [9.17, 15) is 9.59 Å². The van der Waals surface area contributed by atoms with Gasteiger partial charge in [-0.15, -0.1) is 0 Å². The molecule has 1 aromatic heterocycles. The Kier molecular flexibility index (Phi) is 3.33. The van der Waals surface area contributed by atoms with Crippen LogP contribution in [0.1, 0.15) is 28.4 Å². The number of aliphatic carboxylic acids is 1. The fourth-order valence-electron chi connectivity index (χ4n) is 2.29. The van der Waals surface area contributed by atoms with Gasteiger partial charge in [-0.2, -0.15) is 0 Å². The van der Waals surface area contributed by atoms with Crippen molar-refractivity contribution in [3.63, 3.8) is 0 Å².